The molecule has 12 nitrogen and oxygen atoms in total. The van der Waals surface area contributed by atoms with Crippen LogP contribution in [0.1, 0.15) is 112 Å². The fraction of sp³-hybridized carbons (Fsp3) is 0.412. The van der Waals surface area contributed by atoms with E-state index in [9.17, 15) is 0 Å². The highest BCUT2D eigenvalue weighted by atomic mass is 35.5. The van der Waals surface area contributed by atoms with E-state index in [-0.39, 0.29) is 16.6 Å². The fourth-order valence-corrected chi connectivity index (χ4v) is 10.7. The van der Waals surface area contributed by atoms with E-state index in [1.54, 1.807) is 49.4 Å². The maximum absolute atomic E-state index is 15.8. The van der Waals surface area contributed by atoms with E-state index in [1.807, 2.05) is 77.1 Å². The predicted octanol–water partition coefficient (Wildman–Crippen LogP) is 10.4. The van der Waals surface area contributed by atoms with Gasteiger partial charge in [0.2, 0.25) is 5.91 Å². The van der Waals surface area contributed by atoms with Crippen LogP contribution >= 0.6 is 11.6 Å². The normalized spacial score (nSPS) is 19.2. The van der Waals surface area contributed by atoms with Gasteiger partial charge in [0.25, 0.3) is 17.7 Å². The largest absolute Gasteiger partial charge is 0.333 e. The first-order chi connectivity index (χ1) is 30.6. The first-order valence-corrected chi connectivity index (χ1v) is 22.9. The summed E-state index contributed by atoms with van der Waals surface area (Å²) in [5.74, 6) is -3.27. The van der Waals surface area contributed by atoms with Crippen molar-refractivity contribution in [2.45, 2.75) is 135 Å². The summed E-state index contributed by atoms with van der Waals surface area (Å²) in [6, 6.07) is 19.5. The van der Waals surface area contributed by atoms with Crippen molar-refractivity contribution in [1.82, 2.24) is 9.80 Å². The van der Waals surface area contributed by atoms with Crippen molar-refractivity contribution in [3.8, 4) is 0 Å². The highest BCUT2D eigenvalue weighted by Gasteiger charge is 2.67. The molecule has 8 rings (SSSR count). The molecular formula is C51H57ClN6O6. The van der Waals surface area contributed by atoms with E-state index in [0.717, 1.165) is 39.3 Å². The monoisotopic (exact) mass is 884 g/mol. The van der Waals surface area contributed by atoms with Gasteiger partial charge in [0, 0.05) is 17.1 Å². The second kappa shape index (κ2) is 17.5. The number of benzene rings is 4. The third kappa shape index (κ3) is 7.53. The van der Waals surface area contributed by atoms with E-state index in [0.29, 0.717) is 79.6 Å². The minimum Gasteiger partial charge on any atom is -0.324 e. The SMILES string of the molecule is Cc1ccc(N2C(=O)N(C(C(=O)Nc3c(C)cccc3Cl)C(C(=O)Nc3c(C)cccc3C(C)C)N3C(=O)N(c4ccc(C)cc4)C4(CCCCC4)C3=O)C(=O)C23CCCCC3)cc1. The standard InChI is InChI=1S/C51H57ClN6O6/c1-31(2)38-17-13-15-34(5)40(38)53-44(59)42(55-46(61)50(27-9-7-10-28-50)57(48(55)63)36-23-19-32(3)20-24-36)43(45(60)54-41-35(6)16-14-18-39(41)52)56-47(62)51(29-11-8-12-30-51)58(49(56)64)37-25-21-33(4)22-26-37/h13-26,31,42-43H,7-12,27-30H2,1-6H3,(H,53,59)(H,54,60). The average molecular weight is 886 g/mol. The molecule has 4 aliphatic rings. The molecule has 2 aliphatic carbocycles. The van der Waals surface area contributed by atoms with E-state index in [4.69, 9.17) is 11.6 Å². The van der Waals surface area contributed by atoms with Crippen molar-refractivity contribution < 1.29 is 28.8 Å². The molecule has 2 heterocycles. The molecule has 2 unspecified atom stereocenters. The molecule has 2 saturated heterocycles. The van der Waals surface area contributed by atoms with Crippen LogP contribution < -0.4 is 20.4 Å². The van der Waals surface area contributed by atoms with E-state index in [1.165, 1.54) is 9.80 Å². The minimum absolute atomic E-state index is 0.0653. The number of nitrogens with one attached hydrogen (secondary N) is 2. The van der Waals surface area contributed by atoms with Crippen LogP contribution in [0.15, 0.2) is 84.9 Å². The second-order valence-electron chi connectivity index (χ2n) is 18.4. The maximum Gasteiger partial charge on any atom is 0.333 e. The van der Waals surface area contributed by atoms with Gasteiger partial charge in [-0.3, -0.25) is 29.0 Å². The summed E-state index contributed by atoms with van der Waals surface area (Å²) < 4.78 is 0. The number of imide groups is 2. The summed E-state index contributed by atoms with van der Waals surface area (Å²) in [7, 11) is 0. The molecule has 0 bridgehead atoms. The molecule has 13 heteroatoms. The Kier molecular flexibility index (Phi) is 12.2. The van der Waals surface area contributed by atoms with Crippen LogP contribution in [0.2, 0.25) is 5.02 Å². The van der Waals surface area contributed by atoms with Crippen molar-refractivity contribution in [2.75, 3.05) is 20.4 Å². The lowest BCUT2D eigenvalue weighted by Gasteiger charge is -2.38. The molecule has 2 aliphatic heterocycles. The van der Waals surface area contributed by atoms with Gasteiger partial charge in [0.1, 0.15) is 11.1 Å². The van der Waals surface area contributed by atoms with E-state index in [2.05, 4.69) is 10.6 Å². The predicted molar refractivity (Wildman–Crippen MR) is 250 cm³/mol. The molecule has 334 valence electrons. The lowest BCUT2D eigenvalue weighted by Crippen LogP contribution is -2.65. The minimum atomic E-state index is -2.05. The Morgan fingerprint density at radius 2 is 0.938 bits per heavy atom. The van der Waals surface area contributed by atoms with Crippen LogP contribution in [0.3, 0.4) is 0 Å². The third-order valence-corrected chi connectivity index (χ3v) is 14.2. The third-order valence-electron chi connectivity index (χ3n) is 13.9. The molecular weight excluding hydrogens is 828 g/mol. The Morgan fingerprint density at radius 1 is 0.547 bits per heavy atom. The number of anilines is 4. The first-order valence-electron chi connectivity index (χ1n) is 22.6. The number of urea groups is 2. The number of aryl methyl sites for hydroxylation is 4. The summed E-state index contributed by atoms with van der Waals surface area (Å²) in [5, 5.41) is 6.12. The molecule has 2 saturated carbocycles. The number of hydrogen-bond donors (Lipinski definition) is 2. The summed E-state index contributed by atoms with van der Waals surface area (Å²) in [5.41, 5.74) is 2.71. The van der Waals surface area contributed by atoms with E-state index < -0.39 is 58.9 Å². The van der Waals surface area contributed by atoms with Gasteiger partial charge in [-0.25, -0.2) is 19.4 Å². The van der Waals surface area contributed by atoms with Gasteiger partial charge in [-0.2, -0.15) is 0 Å². The van der Waals surface area contributed by atoms with Crippen LogP contribution in [-0.2, 0) is 19.2 Å². The van der Waals surface area contributed by atoms with Crippen LogP contribution in [0.4, 0.5) is 32.3 Å². The van der Waals surface area contributed by atoms with Gasteiger partial charge in [-0.1, -0.05) is 130 Å². The van der Waals surface area contributed by atoms with Crippen LogP contribution in [0.5, 0.6) is 0 Å². The van der Waals surface area contributed by atoms with Crippen molar-refractivity contribution in [2.24, 2.45) is 0 Å². The lowest BCUT2D eigenvalue weighted by atomic mass is 9.79. The molecule has 4 aromatic carbocycles. The number of nitrogens with zero attached hydrogens (tertiary/aromatic N) is 4. The average Bonchev–Trinajstić information content (AvgIpc) is 3.59. The Hall–Kier alpha value is -6.01. The second-order valence-corrected chi connectivity index (χ2v) is 18.8. The molecule has 2 N–H and O–H groups in total. The van der Waals surface area contributed by atoms with Crippen molar-refractivity contribution >= 4 is 70.0 Å². The molecule has 8 amide bonds. The topological polar surface area (TPSA) is 139 Å². The summed E-state index contributed by atoms with van der Waals surface area (Å²) in [4.78, 5) is 98.7. The van der Waals surface area contributed by atoms with Gasteiger partial charge in [0.05, 0.1) is 10.7 Å². The number of carbonyl (C=O) groups is 6. The number of amides is 8. The summed E-state index contributed by atoms with van der Waals surface area (Å²) in [6.07, 6.45) is 5.48. The van der Waals surface area contributed by atoms with E-state index >= 15 is 28.8 Å². The molecule has 4 fully saturated rings. The molecule has 0 aromatic heterocycles. The van der Waals surface area contributed by atoms with Crippen molar-refractivity contribution in [3.05, 3.63) is 118 Å². The lowest BCUT2D eigenvalue weighted by molar-refractivity contribution is -0.145. The number of rotatable bonds is 10. The zero-order valence-electron chi connectivity index (χ0n) is 37.5. The van der Waals surface area contributed by atoms with Gasteiger partial charge >= 0.3 is 12.1 Å². The Morgan fingerprint density at radius 3 is 1.34 bits per heavy atom. The Labute approximate surface area is 380 Å². The number of carbonyl (C=O) groups excluding carboxylic acids is 6. The van der Waals surface area contributed by atoms with Crippen LogP contribution in [-0.4, -0.2) is 68.7 Å². The highest BCUT2D eigenvalue weighted by Crippen LogP contribution is 2.48. The number of halogens is 1. The Bertz CT molecular complexity index is 2490. The van der Waals surface area contributed by atoms with Gasteiger partial charge in [0.15, 0.2) is 12.1 Å². The Balaban J connectivity index is 1.38. The smallest absolute Gasteiger partial charge is 0.324 e. The highest BCUT2D eigenvalue weighted by molar-refractivity contribution is 6.34. The van der Waals surface area contributed by atoms with Gasteiger partial charge in [-0.05, 0) is 106 Å². The fourth-order valence-electron chi connectivity index (χ4n) is 10.5. The van der Waals surface area contributed by atoms with Gasteiger partial charge in [-0.15, -0.1) is 0 Å². The summed E-state index contributed by atoms with van der Waals surface area (Å²) in [6.45, 7) is 11.4. The molecule has 4 aromatic rings. The zero-order chi connectivity index (χ0) is 45.7. The molecule has 64 heavy (non-hydrogen) atoms. The quantitative estimate of drug-likeness (QED) is 0.152. The zero-order valence-corrected chi connectivity index (χ0v) is 38.3. The van der Waals surface area contributed by atoms with Crippen molar-refractivity contribution in [1.29, 1.82) is 0 Å². The van der Waals surface area contributed by atoms with Crippen LogP contribution in [0.25, 0.3) is 0 Å². The van der Waals surface area contributed by atoms with Crippen LogP contribution in [0, 0.1) is 27.7 Å². The molecule has 2 atom stereocenters. The summed E-state index contributed by atoms with van der Waals surface area (Å²) >= 11 is 6.74. The maximum atomic E-state index is 15.8. The van der Waals surface area contributed by atoms with Gasteiger partial charge < -0.3 is 10.6 Å². The van der Waals surface area contributed by atoms with Crippen molar-refractivity contribution in [3.63, 3.8) is 0 Å². The number of hydrogen-bond acceptors (Lipinski definition) is 6. The molecule has 2 spiro atoms. The number of para-hydroxylation sites is 2. The molecule has 0 radical (unpaired) electrons. The first kappa shape index (κ1) is 44.6.